The molecule has 2 N–H and O–H groups in total. The van der Waals surface area contributed by atoms with Crippen molar-refractivity contribution >= 4 is 29.1 Å². The number of carbonyl (C=O) groups excluding carboxylic acids is 2. The molecule has 0 bridgehead atoms. The number of hydrogen-bond acceptors (Lipinski definition) is 5. The highest BCUT2D eigenvalue weighted by Gasteiger charge is 2.26. The molecule has 3 aromatic rings. The second-order valence-corrected chi connectivity index (χ2v) is 8.62. The van der Waals surface area contributed by atoms with Gasteiger partial charge in [0.1, 0.15) is 0 Å². The molecule has 176 valence electrons. The molecule has 7 nitrogen and oxygen atoms in total. The zero-order chi connectivity index (χ0) is 23.8. The summed E-state index contributed by atoms with van der Waals surface area (Å²) in [5.74, 6) is -1.31. The SMILES string of the molecule is O=C(NCc1ccc(Cl)cc1)C(=O)NC[C@@H](c1cccnc1)N1CCN(c2ccccc2)CC1. The Morgan fingerprint density at radius 1 is 0.882 bits per heavy atom. The average molecular weight is 478 g/mol. The van der Waals surface area contributed by atoms with Gasteiger partial charge < -0.3 is 15.5 Å². The van der Waals surface area contributed by atoms with Gasteiger partial charge in [0.15, 0.2) is 0 Å². The first kappa shape index (κ1) is 23.7. The maximum Gasteiger partial charge on any atom is 0.309 e. The molecule has 1 saturated heterocycles. The van der Waals surface area contributed by atoms with E-state index < -0.39 is 11.8 Å². The average Bonchev–Trinajstić information content (AvgIpc) is 2.89. The Morgan fingerprint density at radius 2 is 1.59 bits per heavy atom. The van der Waals surface area contributed by atoms with Crippen LogP contribution in [0.15, 0.2) is 79.1 Å². The molecule has 0 spiro atoms. The summed E-state index contributed by atoms with van der Waals surface area (Å²) in [4.78, 5) is 33.8. The van der Waals surface area contributed by atoms with Gasteiger partial charge in [-0.05, 0) is 41.5 Å². The molecule has 2 amide bonds. The van der Waals surface area contributed by atoms with E-state index in [1.807, 2.05) is 48.7 Å². The monoisotopic (exact) mass is 477 g/mol. The zero-order valence-corrected chi connectivity index (χ0v) is 19.6. The molecule has 1 atom stereocenters. The van der Waals surface area contributed by atoms with Crippen LogP contribution in [0, 0.1) is 0 Å². The molecule has 0 unspecified atom stereocenters. The summed E-state index contributed by atoms with van der Waals surface area (Å²) in [5, 5.41) is 6.09. The smallest absolute Gasteiger partial charge is 0.309 e. The lowest BCUT2D eigenvalue weighted by atomic mass is 10.1. The van der Waals surface area contributed by atoms with Gasteiger partial charge in [-0.3, -0.25) is 19.5 Å². The first-order valence-corrected chi connectivity index (χ1v) is 11.7. The maximum atomic E-state index is 12.5. The van der Waals surface area contributed by atoms with E-state index in [1.165, 1.54) is 5.69 Å². The van der Waals surface area contributed by atoms with E-state index in [2.05, 4.69) is 37.6 Å². The lowest BCUT2D eigenvalue weighted by Gasteiger charge is -2.40. The van der Waals surface area contributed by atoms with Crippen LogP contribution in [0.1, 0.15) is 17.2 Å². The summed E-state index contributed by atoms with van der Waals surface area (Å²) in [7, 11) is 0. The van der Waals surface area contributed by atoms with E-state index in [0.717, 1.165) is 37.3 Å². The number of amides is 2. The second kappa shape index (κ2) is 11.6. The van der Waals surface area contributed by atoms with Gasteiger partial charge in [-0.1, -0.05) is 48.0 Å². The number of aromatic nitrogens is 1. The Balaban J connectivity index is 1.34. The van der Waals surface area contributed by atoms with E-state index in [4.69, 9.17) is 11.6 Å². The molecule has 2 aromatic carbocycles. The summed E-state index contributed by atoms with van der Waals surface area (Å²) in [6.45, 7) is 4.04. The summed E-state index contributed by atoms with van der Waals surface area (Å²) in [6.07, 6.45) is 3.55. The van der Waals surface area contributed by atoms with Crippen LogP contribution in [-0.4, -0.2) is 54.4 Å². The number of pyridine rings is 1. The van der Waals surface area contributed by atoms with Crippen LogP contribution in [0.4, 0.5) is 5.69 Å². The number of carbonyl (C=O) groups is 2. The minimum absolute atomic E-state index is 0.0698. The van der Waals surface area contributed by atoms with E-state index in [0.29, 0.717) is 11.6 Å². The molecule has 0 radical (unpaired) electrons. The van der Waals surface area contributed by atoms with Crippen molar-refractivity contribution in [3.63, 3.8) is 0 Å². The highest BCUT2D eigenvalue weighted by atomic mass is 35.5. The summed E-state index contributed by atoms with van der Waals surface area (Å²) >= 11 is 5.89. The molecule has 1 aromatic heterocycles. The predicted octanol–water partition coefficient (Wildman–Crippen LogP) is 3.03. The fourth-order valence-corrected chi connectivity index (χ4v) is 4.22. The molecule has 1 aliphatic rings. The highest BCUT2D eigenvalue weighted by molar-refractivity contribution is 6.35. The Hall–Kier alpha value is -3.42. The van der Waals surface area contributed by atoms with Crippen LogP contribution in [0.25, 0.3) is 0 Å². The number of benzene rings is 2. The Kier molecular flexibility index (Phi) is 8.12. The molecular weight excluding hydrogens is 450 g/mol. The van der Waals surface area contributed by atoms with Crippen molar-refractivity contribution in [2.24, 2.45) is 0 Å². The third-order valence-corrected chi connectivity index (χ3v) is 6.23. The van der Waals surface area contributed by atoms with E-state index in [1.54, 1.807) is 18.3 Å². The lowest BCUT2D eigenvalue weighted by molar-refractivity contribution is -0.139. The van der Waals surface area contributed by atoms with Crippen LogP contribution >= 0.6 is 11.6 Å². The second-order valence-electron chi connectivity index (χ2n) is 8.18. The predicted molar refractivity (Wildman–Crippen MR) is 134 cm³/mol. The van der Waals surface area contributed by atoms with Crippen LogP contribution in [-0.2, 0) is 16.1 Å². The van der Waals surface area contributed by atoms with E-state index >= 15 is 0 Å². The molecule has 34 heavy (non-hydrogen) atoms. The summed E-state index contributed by atoms with van der Waals surface area (Å²) in [5.41, 5.74) is 3.10. The third kappa shape index (κ3) is 6.34. The maximum absolute atomic E-state index is 12.5. The van der Waals surface area contributed by atoms with Crippen molar-refractivity contribution in [2.75, 3.05) is 37.6 Å². The molecule has 8 heteroatoms. The normalized spacial score (nSPS) is 14.9. The molecule has 0 aliphatic carbocycles. The summed E-state index contributed by atoms with van der Waals surface area (Å²) in [6, 6.07) is 21.3. The van der Waals surface area contributed by atoms with Crippen molar-refractivity contribution in [2.45, 2.75) is 12.6 Å². The quantitative estimate of drug-likeness (QED) is 0.511. The standard InChI is InChI=1S/C26H28ClN5O2/c27-22-10-8-20(9-11-22)17-29-25(33)26(34)30-19-24(21-5-4-12-28-18-21)32-15-13-31(14-16-32)23-6-2-1-3-7-23/h1-12,18,24H,13-17,19H2,(H,29,33)(H,30,34)/t24-/m0/s1. The number of para-hydroxylation sites is 1. The molecular formula is C26H28ClN5O2. The van der Waals surface area contributed by atoms with Gasteiger partial charge in [0.25, 0.3) is 0 Å². The number of nitrogens with one attached hydrogen (secondary N) is 2. The van der Waals surface area contributed by atoms with Crippen LogP contribution in [0.2, 0.25) is 5.02 Å². The van der Waals surface area contributed by atoms with Gasteiger partial charge >= 0.3 is 11.8 Å². The topological polar surface area (TPSA) is 77.6 Å². The van der Waals surface area contributed by atoms with Crippen molar-refractivity contribution in [3.8, 4) is 0 Å². The van der Waals surface area contributed by atoms with Crippen LogP contribution in [0.5, 0.6) is 0 Å². The Bertz CT molecular complexity index is 1070. The Morgan fingerprint density at radius 3 is 2.26 bits per heavy atom. The highest BCUT2D eigenvalue weighted by Crippen LogP contribution is 2.23. The fourth-order valence-electron chi connectivity index (χ4n) is 4.10. The zero-order valence-electron chi connectivity index (χ0n) is 18.9. The number of rotatable bonds is 7. The summed E-state index contributed by atoms with van der Waals surface area (Å²) < 4.78 is 0. The van der Waals surface area contributed by atoms with Crippen LogP contribution in [0.3, 0.4) is 0 Å². The Labute approximate surface area is 204 Å². The molecule has 1 aliphatic heterocycles. The van der Waals surface area contributed by atoms with Crippen molar-refractivity contribution in [3.05, 3.63) is 95.3 Å². The fraction of sp³-hybridized carbons (Fsp3) is 0.269. The largest absolute Gasteiger partial charge is 0.369 e. The van der Waals surface area contributed by atoms with Crippen molar-refractivity contribution in [1.82, 2.24) is 20.5 Å². The third-order valence-electron chi connectivity index (χ3n) is 5.97. The van der Waals surface area contributed by atoms with Gasteiger partial charge in [-0.15, -0.1) is 0 Å². The van der Waals surface area contributed by atoms with Gasteiger partial charge in [-0.2, -0.15) is 0 Å². The first-order chi connectivity index (χ1) is 16.6. The lowest BCUT2D eigenvalue weighted by Crippen LogP contribution is -2.50. The molecule has 2 heterocycles. The van der Waals surface area contributed by atoms with Gasteiger partial charge in [0.2, 0.25) is 0 Å². The molecule has 4 rings (SSSR count). The van der Waals surface area contributed by atoms with Crippen molar-refractivity contribution in [1.29, 1.82) is 0 Å². The molecule has 1 fully saturated rings. The minimum atomic E-state index is -0.659. The van der Waals surface area contributed by atoms with Gasteiger partial charge in [0, 0.05) is 62.4 Å². The number of nitrogens with zero attached hydrogens (tertiary/aromatic N) is 3. The van der Waals surface area contributed by atoms with Gasteiger partial charge in [-0.25, -0.2) is 0 Å². The van der Waals surface area contributed by atoms with Crippen LogP contribution < -0.4 is 15.5 Å². The van der Waals surface area contributed by atoms with Crippen molar-refractivity contribution < 1.29 is 9.59 Å². The number of piperazine rings is 1. The van der Waals surface area contributed by atoms with Gasteiger partial charge in [0.05, 0.1) is 6.04 Å². The first-order valence-electron chi connectivity index (χ1n) is 11.3. The number of halogens is 1. The number of anilines is 1. The van der Waals surface area contributed by atoms with E-state index in [9.17, 15) is 9.59 Å². The molecule has 0 saturated carbocycles. The minimum Gasteiger partial charge on any atom is -0.369 e. The number of hydrogen-bond donors (Lipinski definition) is 2. The van der Waals surface area contributed by atoms with E-state index in [-0.39, 0.29) is 12.6 Å².